The van der Waals surface area contributed by atoms with E-state index in [0.717, 1.165) is 6.42 Å². The molecule has 0 saturated carbocycles. The van der Waals surface area contributed by atoms with Gasteiger partial charge in [0.25, 0.3) is 5.91 Å². The number of aliphatic hydroxyl groups is 1. The fourth-order valence-electron chi connectivity index (χ4n) is 1.44. The minimum absolute atomic E-state index is 0.242. The van der Waals surface area contributed by atoms with Crippen molar-refractivity contribution in [3.8, 4) is 0 Å². The van der Waals surface area contributed by atoms with Gasteiger partial charge in [-0.25, -0.2) is 0 Å². The van der Waals surface area contributed by atoms with Crippen molar-refractivity contribution in [2.45, 2.75) is 25.9 Å². The zero-order valence-corrected chi connectivity index (χ0v) is 9.44. The van der Waals surface area contributed by atoms with E-state index >= 15 is 0 Å². The van der Waals surface area contributed by atoms with Gasteiger partial charge >= 0.3 is 0 Å². The number of aliphatic hydroxyl groups excluding tert-OH is 1. The Morgan fingerprint density at radius 2 is 2.19 bits per heavy atom. The van der Waals surface area contributed by atoms with E-state index in [0.29, 0.717) is 17.7 Å². The predicted molar refractivity (Wildman–Crippen MR) is 64.1 cm³/mol. The van der Waals surface area contributed by atoms with E-state index in [4.69, 9.17) is 5.73 Å². The van der Waals surface area contributed by atoms with Crippen LogP contribution in [0.3, 0.4) is 0 Å². The number of hydrogen-bond donors (Lipinski definition) is 3. The lowest BCUT2D eigenvalue weighted by atomic mass is 10.1. The highest BCUT2D eigenvalue weighted by atomic mass is 16.3. The van der Waals surface area contributed by atoms with E-state index < -0.39 is 6.10 Å². The molecule has 1 unspecified atom stereocenters. The van der Waals surface area contributed by atoms with Gasteiger partial charge in [-0.2, -0.15) is 0 Å². The Morgan fingerprint density at radius 3 is 2.81 bits per heavy atom. The van der Waals surface area contributed by atoms with Crippen LogP contribution in [0.4, 0.5) is 5.69 Å². The summed E-state index contributed by atoms with van der Waals surface area (Å²) in [6.45, 7) is 2.25. The van der Waals surface area contributed by atoms with E-state index in [1.807, 2.05) is 6.92 Å². The third-order valence-corrected chi connectivity index (χ3v) is 2.33. The van der Waals surface area contributed by atoms with Gasteiger partial charge in [0, 0.05) is 12.2 Å². The molecule has 4 N–H and O–H groups in total. The van der Waals surface area contributed by atoms with Crippen molar-refractivity contribution < 1.29 is 9.90 Å². The van der Waals surface area contributed by atoms with Gasteiger partial charge < -0.3 is 16.2 Å². The third-order valence-electron chi connectivity index (χ3n) is 2.33. The average Bonchev–Trinajstić information content (AvgIpc) is 2.27. The molecule has 0 aliphatic heterocycles. The van der Waals surface area contributed by atoms with Crippen LogP contribution in [0.15, 0.2) is 24.3 Å². The first-order valence-corrected chi connectivity index (χ1v) is 5.46. The molecule has 1 aromatic rings. The number of anilines is 1. The lowest BCUT2D eigenvalue weighted by Gasteiger charge is -2.11. The van der Waals surface area contributed by atoms with Crippen LogP contribution in [0.1, 0.15) is 30.1 Å². The van der Waals surface area contributed by atoms with Gasteiger partial charge in [-0.1, -0.05) is 25.5 Å². The molecule has 1 aromatic carbocycles. The first-order valence-electron chi connectivity index (χ1n) is 5.46. The number of nitrogens with two attached hydrogens (primary N) is 1. The fraction of sp³-hybridized carbons (Fsp3) is 0.417. The maximum Gasteiger partial charge on any atom is 0.253 e. The van der Waals surface area contributed by atoms with Crippen LogP contribution in [0.2, 0.25) is 0 Å². The maximum atomic E-state index is 11.7. The van der Waals surface area contributed by atoms with Gasteiger partial charge in [0.15, 0.2) is 0 Å². The van der Waals surface area contributed by atoms with Crippen LogP contribution >= 0.6 is 0 Å². The molecule has 0 fully saturated rings. The van der Waals surface area contributed by atoms with Crippen molar-refractivity contribution in [2.75, 3.05) is 12.3 Å². The van der Waals surface area contributed by atoms with Crippen LogP contribution in [0.5, 0.6) is 0 Å². The third kappa shape index (κ3) is 3.55. The summed E-state index contributed by atoms with van der Waals surface area (Å²) in [5.74, 6) is -0.242. The molecule has 1 rings (SSSR count). The predicted octanol–water partition coefficient (Wildman–Crippen LogP) is 1.16. The highest BCUT2D eigenvalue weighted by Crippen LogP contribution is 2.09. The minimum atomic E-state index is -0.487. The smallest absolute Gasteiger partial charge is 0.253 e. The number of benzene rings is 1. The van der Waals surface area contributed by atoms with Crippen molar-refractivity contribution >= 4 is 11.6 Å². The van der Waals surface area contributed by atoms with Crippen molar-refractivity contribution in [3.63, 3.8) is 0 Å². The number of carbonyl (C=O) groups excluding carboxylic acids is 1. The highest BCUT2D eigenvalue weighted by Gasteiger charge is 2.10. The topological polar surface area (TPSA) is 75.3 Å². The lowest BCUT2D eigenvalue weighted by Crippen LogP contribution is -2.32. The van der Waals surface area contributed by atoms with Gasteiger partial charge in [0.2, 0.25) is 0 Å². The van der Waals surface area contributed by atoms with Gasteiger partial charge in [0.1, 0.15) is 0 Å². The normalized spacial score (nSPS) is 12.1. The van der Waals surface area contributed by atoms with Crippen LogP contribution in [-0.2, 0) is 0 Å². The van der Waals surface area contributed by atoms with E-state index in [2.05, 4.69) is 5.32 Å². The van der Waals surface area contributed by atoms with Gasteiger partial charge in [0.05, 0.1) is 11.7 Å². The quantitative estimate of drug-likeness (QED) is 0.654. The molecule has 4 heteroatoms. The van der Waals surface area contributed by atoms with Crippen molar-refractivity contribution in [2.24, 2.45) is 0 Å². The molecule has 0 heterocycles. The van der Waals surface area contributed by atoms with Gasteiger partial charge in [-0.3, -0.25) is 4.79 Å². The van der Waals surface area contributed by atoms with Crippen LogP contribution < -0.4 is 11.1 Å². The zero-order chi connectivity index (χ0) is 12.0. The van der Waals surface area contributed by atoms with Crippen LogP contribution in [0.25, 0.3) is 0 Å². The standard InChI is InChI=1S/C12H18N2O2/c1-2-5-9(15)8-14-12(16)10-6-3-4-7-11(10)13/h3-4,6-7,9,15H,2,5,8,13H2,1H3,(H,14,16). The van der Waals surface area contributed by atoms with Gasteiger partial charge in [-0.15, -0.1) is 0 Å². The van der Waals surface area contributed by atoms with Gasteiger partial charge in [-0.05, 0) is 18.6 Å². The Bertz CT molecular complexity index is 353. The Morgan fingerprint density at radius 1 is 1.50 bits per heavy atom. The molecule has 0 aliphatic carbocycles. The molecular formula is C12H18N2O2. The molecule has 16 heavy (non-hydrogen) atoms. The molecule has 1 amide bonds. The molecule has 88 valence electrons. The number of amides is 1. The number of hydrogen-bond acceptors (Lipinski definition) is 3. The highest BCUT2D eigenvalue weighted by molar-refractivity contribution is 5.99. The Kier molecular flexibility index (Phi) is 4.79. The van der Waals surface area contributed by atoms with Crippen LogP contribution in [0, 0.1) is 0 Å². The number of rotatable bonds is 5. The lowest BCUT2D eigenvalue weighted by molar-refractivity contribution is 0.0911. The molecule has 0 radical (unpaired) electrons. The van der Waals surface area contributed by atoms with E-state index in [9.17, 15) is 9.90 Å². The molecule has 0 aliphatic rings. The largest absolute Gasteiger partial charge is 0.398 e. The number of carbonyl (C=O) groups is 1. The summed E-state index contributed by atoms with van der Waals surface area (Å²) in [7, 11) is 0. The average molecular weight is 222 g/mol. The Hall–Kier alpha value is -1.55. The summed E-state index contributed by atoms with van der Waals surface area (Å²) < 4.78 is 0. The summed E-state index contributed by atoms with van der Waals surface area (Å²) in [6.07, 6.45) is 1.09. The maximum absolute atomic E-state index is 11.7. The van der Waals surface area contributed by atoms with E-state index in [1.54, 1.807) is 24.3 Å². The molecule has 0 bridgehead atoms. The summed E-state index contributed by atoms with van der Waals surface area (Å²) in [6, 6.07) is 6.88. The first-order chi connectivity index (χ1) is 7.65. The molecule has 4 nitrogen and oxygen atoms in total. The monoisotopic (exact) mass is 222 g/mol. The molecule has 0 spiro atoms. The summed E-state index contributed by atoms with van der Waals surface area (Å²) in [5.41, 5.74) is 6.56. The van der Waals surface area contributed by atoms with Crippen LogP contribution in [-0.4, -0.2) is 23.7 Å². The van der Waals surface area contributed by atoms with E-state index in [1.165, 1.54) is 0 Å². The summed E-state index contributed by atoms with van der Waals surface area (Å²) in [5, 5.41) is 12.1. The number of para-hydroxylation sites is 1. The summed E-state index contributed by atoms with van der Waals surface area (Å²) in [4.78, 5) is 11.7. The molecular weight excluding hydrogens is 204 g/mol. The Balaban J connectivity index is 2.50. The number of nitrogen functional groups attached to an aromatic ring is 1. The van der Waals surface area contributed by atoms with Crippen molar-refractivity contribution in [1.82, 2.24) is 5.32 Å². The van der Waals surface area contributed by atoms with Crippen molar-refractivity contribution in [1.29, 1.82) is 0 Å². The minimum Gasteiger partial charge on any atom is -0.398 e. The second kappa shape index (κ2) is 6.12. The number of nitrogens with one attached hydrogen (secondary N) is 1. The van der Waals surface area contributed by atoms with Crippen molar-refractivity contribution in [3.05, 3.63) is 29.8 Å². The molecule has 0 aromatic heterocycles. The Labute approximate surface area is 95.5 Å². The molecule has 1 atom stereocenters. The first kappa shape index (κ1) is 12.5. The second-order valence-corrected chi connectivity index (χ2v) is 3.74. The molecule has 0 saturated heterocycles. The zero-order valence-electron chi connectivity index (χ0n) is 9.44. The fourth-order valence-corrected chi connectivity index (χ4v) is 1.44. The summed E-state index contributed by atoms with van der Waals surface area (Å²) >= 11 is 0. The SMILES string of the molecule is CCCC(O)CNC(=O)c1ccccc1N. The van der Waals surface area contributed by atoms with E-state index in [-0.39, 0.29) is 12.5 Å². The second-order valence-electron chi connectivity index (χ2n) is 3.74.